The quantitative estimate of drug-likeness (QED) is 0.745. The van der Waals surface area contributed by atoms with Gasteiger partial charge in [0.25, 0.3) is 0 Å². The smallest absolute Gasteiger partial charge is 0.190 e. The Hall–Kier alpha value is -1.35. The number of anilines is 1. The van der Waals surface area contributed by atoms with Crippen LogP contribution < -0.4 is 4.90 Å². The third-order valence-electron chi connectivity index (χ3n) is 2.74. The number of benzene rings is 1. The fourth-order valence-corrected chi connectivity index (χ4v) is 1.99. The van der Waals surface area contributed by atoms with Crippen molar-refractivity contribution in [2.75, 3.05) is 18.0 Å². The minimum atomic E-state index is 0.532. The molecule has 0 aliphatic rings. The molecule has 2 aromatic rings. The molecule has 0 aliphatic carbocycles. The first-order valence-electron chi connectivity index (χ1n) is 5.53. The lowest BCUT2D eigenvalue weighted by molar-refractivity contribution is 0.586. The van der Waals surface area contributed by atoms with E-state index in [-0.39, 0.29) is 0 Å². The Balaban J connectivity index is 2.54. The van der Waals surface area contributed by atoms with Crippen molar-refractivity contribution in [3.8, 4) is 0 Å². The summed E-state index contributed by atoms with van der Waals surface area (Å²) in [5, 5.41) is 1.09. The summed E-state index contributed by atoms with van der Waals surface area (Å²) < 4.78 is 6.06. The Morgan fingerprint density at radius 2 is 1.81 bits per heavy atom. The molecule has 0 radical (unpaired) electrons. The molecule has 0 aliphatic heterocycles. The van der Waals surface area contributed by atoms with E-state index in [1.165, 1.54) is 5.69 Å². The van der Waals surface area contributed by atoms with Crippen molar-refractivity contribution in [3.05, 3.63) is 35.0 Å². The Kier molecular flexibility index (Phi) is 3.25. The zero-order chi connectivity index (χ0) is 11.5. The van der Waals surface area contributed by atoms with Gasteiger partial charge in [0.2, 0.25) is 0 Å². The number of hydrogen-bond donors (Lipinski definition) is 0. The summed E-state index contributed by atoms with van der Waals surface area (Å²) in [7, 11) is 0. The summed E-state index contributed by atoms with van der Waals surface area (Å²) in [4.78, 5) is 2.28. The first-order chi connectivity index (χ1) is 7.74. The summed E-state index contributed by atoms with van der Waals surface area (Å²) in [6.45, 7) is 6.29. The molecule has 0 spiro atoms. The zero-order valence-electron chi connectivity index (χ0n) is 9.56. The minimum absolute atomic E-state index is 0.532. The highest BCUT2D eigenvalue weighted by Gasteiger charge is 2.03. The first kappa shape index (κ1) is 11.1. The Morgan fingerprint density at radius 3 is 2.50 bits per heavy atom. The van der Waals surface area contributed by atoms with Crippen LogP contribution in [0.5, 0.6) is 0 Å². The van der Waals surface area contributed by atoms with Gasteiger partial charge in [-0.15, -0.1) is 0 Å². The van der Waals surface area contributed by atoms with Crippen molar-refractivity contribution in [2.24, 2.45) is 0 Å². The van der Waals surface area contributed by atoms with Crippen LogP contribution >= 0.6 is 12.2 Å². The molecule has 3 heteroatoms. The third-order valence-corrected chi connectivity index (χ3v) is 2.95. The van der Waals surface area contributed by atoms with E-state index in [0.29, 0.717) is 4.71 Å². The number of rotatable bonds is 3. The number of fused-ring (bicyclic) bond motifs is 1. The second-order valence-corrected chi connectivity index (χ2v) is 4.05. The molecule has 0 fully saturated rings. The van der Waals surface area contributed by atoms with Gasteiger partial charge in [0, 0.05) is 30.2 Å². The van der Waals surface area contributed by atoms with Crippen LogP contribution in [0.15, 0.2) is 34.7 Å². The van der Waals surface area contributed by atoms with Crippen LogP contribution in [-0.2, 0) is 0 Å². The van der Waals surface area contributed by atoms with Crippen LogP contribution in [0.1, 0.15) is 13.8 Å². The van der Waals surface area contributed by atoms with Gasteiger partial charge in [0.05, 0.1) is 0 Å². The molecule has 0 saturated heterocycles. The standard InChI is InChI=1S/C13H15NOS/c1-3-14(4-2)11-7-5-10-6-8-13(16)15-12(10)9-11/h5-9H,3-4H2,1-2H3. The molecule has 84 valence electrons. The molecule has 1 aromatic carbocycles. The Bertz CT molecular complexity index is 543. The van der Waals surface area contributed by atoms with Crippen LogP contribution in [0.4, 0.5) is 5.69 Å². The van der Waals surface area contributed by atoms with Gasteiger partial charge in [-0.3, -0.25) is 0 Å². The molecule has 0 atom stereocenters. The van der Waals surface area contributed by atoms with Crippen LogP contribution in [0.25, 0.3) is 11.0 Å². The van der Waals surface area contributed by atoms with Gasteiger partial charge in [0.15, 0.2) is 4.71 Å². The summed E-state index contributed by atoms with van der Waals surface area (Å²) in [5.74, 6) is 0. The van der Waals surface area contributed by atoms with Gasteiger partial charge in [-0.25, -0.2) is 0 Å². The van der Waals surface area contributed by atoms with Crippen molar-refractivity contribution in [2.45, 2.75) is 13.8 Å². The average molecular weight is 233 g/mol. The molecular weight excluding hydrogens is 218 g/mol. The lowest BCUT2D eigenvalue weighted by atomic mass is 10.2. The van der Waals surface area contributed by atoms with E-state index in [1.807, 2.05) is 12.1 Å². The minimum Gasteiger partial charge on any atom is -0.445 e. The van der Waals surface area contributed by atoms with Crippen LogP contribution in [0.2, 0.25) is 0 Å². The summed E-state index contributed by atoms with van der Waals surface area (Å²) in [6, 6.07) is 10.1. The number of hydrogen-bond acceptors (Lipinski definition) is 3. The Morgan fingerprint density at radius 1 is 1.12 bits per heavy atom. The van der Waals surface area contributed by atoms with Crippen LogP contribution in [0.3, 0.4) is 0 Å². The van der Waals surface area contributed by atoms with E-state index in [9.17, 15) is 0 Å². The summed E-state index contributed by atoms with van der Waals surface area (Å²) >= 11 is 5.02. The van der Waals surface area contributed by atoms with Crippen molar-refractivity contribution in [3.63, 3.8) is 0 Å². The van der Waals surface area contributed by atoms with E-state index in [2.05, 4.69) is 36.9 Å². The van der Waals surface area contributed by atoms with E-state index in [1.54, 1.807) is 0 Å². The molecular formula is C13H15NOS. The van der Waals surface area contributed by atoms with Crippen molar-refractivity contribution in [1.29, 1.82) is 0 Å². The molecule has 1 heterocycles. The predicted octanol–water partition coefficient (Wildman–Crippen LogP) is 4.01. The molecule has 16 heavy (non-hydrogen) atoms. The lowest BCUT2D eigenvalue weighted by Gasteiger charge is -2.20. The normalized spacial score (nSPS) is 10.6. The zero-order valence-corrected chi connectivity index (χ0v) is 10.4. The maximum Gasteiger partial charge on any atom is 0.190 e. The highest BCUT2D eigenvalue weighted by molar-refractivity contribution is 7.71. The third kappa shape index (κ3) is 2.09. The van der Waals surface area contributed by atoms with Crippen molar-refractivity contribution < 1.29 is 4.42 Å². The fourth-order valence-electron chi connectivity index (χ4n) is 1.83. The van der Waals surface area contributed by atoms with E-state index in [4.69, 9.17) is 16.6 Å². The monoisotopic (exact) mass is 233 g/mol. The Labute approximate surface area is 100 Å². The molecule has 0 bridgehead atoms. The molecule has 2 nitrogen and oxygen atoms in total. The highest BCUT2D eigenvalue weighted by Crippen LogP contribution is 2.22. The van der Waals surface area contributed by atoms with Crippen LogP contribution in [-0.4, -0.2) is 13.1 Å². The first-order valence-corrected chi connectivity index (χ1v) is 5.94. The van der Waals surface area contributed by atoms with Gasteiger partial charge >= 0.3 is 0 Å². The number of nitrogens with zero attached hydrogens (tertiary/aromatic N) is 1. The second-order valence-electron chi connectivity index (χ2n) is 3.65. The van der Waals surface area contributed by atoms with Gasteiger partial charge in [0.1, 0.15) is 5.58 Å². The van der Waals surface area contributed by atoms with E-state index in [0.717, 1.165) is 24.1 Å². The molecule has 0 saturated carbocycles. The van der Waals surface area contributed by atoms with Gasteiger partial charge < -0.3 is 9.32 Å². The highest BCUT2D eigenvalue weighted by atomic mass is 32.1. The lowest BCUT2D eigenvalue weighted by Crippen LogP contribution is -2.21. The maximum atomic E-state index is 5.53. The van der Waals surface area contributed by atoms with Crippen LogP contribution in [0, 0.1) is 4.71 Å². The SMILES string of the molecule is CCN(CC)c1ccc2ccc(=S)oc2c1. The fraction of sp³-hybridized carbons (Fsp3) is 0.308. The van der Waals surface area contributed by atoms with E-state index < -0.39 is 0 Å². The summed E-state index contributed by atoms with van der Waals surface area (Å²) in [6.07, 6.45) is 0. The van der Waals surface area contributed by atoms with Gasteiger partial charge in [-0.2, -0.15) is 0 Å². The topological polar surface area (TPSA) is 16.4 Å². The second kappa shape index (κ2) is 4.66. The van der Waals surface area contributed by atoms with Gasteiger partial charge in [-0.05, 0) is 50.3 Å². The van der Waals surface area contributed by atoms with Crippen molar-refractivity contribution >= 4 is 28.9 Å². The molecule has 0 unspecified atom stereocenters. The molecule has 0 N–H and O–H groups in total. The van der Waals surface area contributed by atoms with Crippen molar-refractivity contribution in [1.82, 2.24) is 0 Å². The van der Waals surface area contributed by atoms with E-state index >= 15 is 0 Å². The molecule has 1 aromatic heterocycles. The van der Waals surface area contributed by atoms with Gasteiger partial charge in [-0.1, -0.05) is 0 Å². The maximum absolute atomic E-state index is 5.53. The predicted molar refractivity (Wildman–Crippen MR) is 70.6 cm³/mol. The largest absolute Gasteiger partial charge is 0.445 e. The molecule has 0 amide bonds. The average Bonchev–Trinajstić information content (AvgIpc) is 2.30. The molecule has 2 rings (SSSR count). The summed E-state index contributed by atoms with van der Waals surface area (Å²) in [5.41, 5.74) is 2.04.